The Kier molecular flexibility index (Phi) is 5.09. The molecule has 5 rings (SSSR count). The summed E-state index contributed by atoms with van der Waals surface area (Å²) in [5.41, 5.74) is 1.44. The zero-order chi connectivity index (χ0) is 23.4. The van der Waals surface area contributed by atoms with Gasteiger partial charge in [-0.15, -0.1) is 0 Å². The summed E-state index contributed by atoms with van der Waals surface area (Å²) in [6.45, 7) is 8.08. The third kappa shape index (κ3) is 3.72. The maximum Gasteiger partial charge on any atom is 0.419 e. The normalized spacial score (nSPS) is 25.0. The number of aromatic nitrogens is 1. The van der Waals surface area contributed by atoms with Crippen LogP contribution in [0.5, 0.6) is 0 Å². The van der Waals surface area contributed by atoms with Crippen LogP contribution in [0.3, 0.4) is 0 Å². The summed E-state index contributed by atoms with van der Waals surface area (Å²) in [6, 6.07) is 17.8. The number of ether oxygens (including phenoxy) is 2. The predicted molar refractivity (Wildman–Crippen MR) is 126 cm³/mol. The van der Waals surface area contributed by atoms with Gasteiger partial charge in [0.25, 0.3) is 0 Å². The molecule has 3 aromatic rings. The molecule has 2 fully saturated rings. The Labute approximate surface area is 194 Å². The van der Waals surface area contributed by atoms with Gasteiger partial charge in [-0.05, 0) is 52.2 Å². The van der Waals surface area contributed by atoms with Gasteiger partial charge in [0.05, 0.1) is 18.2 Å². The van der Waals surface area contributed by atoms with Crippen molar-refractivity contribution < 1.29 is 19.1 Å². The summed E-state index contributed by atoms with van der Waals surface area (Å²) in [6.07, 6.45) is 2.75. The summed E-state index contributed by atoms with van der Waals surface area (Å²) in [4.78, 5) is 28.4. The Balaban J connectivity index is 1.43. The fourth-order valence-electron chi connectivity index (χ4n) is 5.22. The molecule has 0 unspecified atom stereocenters. The number of para-hydroxylation sites is 1. The molecule has 2 saturated heterocycles. The van der Waals surface area contributed by atoms with E-state index >= 15 is 0 Å². The highest BCUT2D eigenvalue weighted by Crippen LogP contribution is 2.45. The van der Waals surface area contributed by atoms with Gasteiger partial charge in [-0.3, -0.25) is 9.36 Å². The molecule has 0 aliphatic carbocycles. The van der Waals surface area contributed by atoms with Crippen LogP contribution in [0.4, 0.5) is 4.79 Å². The van der Waals surface area contributed by atoms with Crippen molar-refractivity contribution in [2.75, 3.05) is 6.61 Å². The number of hydrogen-bond acceptors (Lipinski definition) is 4. The minimum absolute atomic E-state index is 0.0620. The monoisotopic (exact) mass is 446 g/mol. The SMILES string of the molecule is CC(C)(C)OC(=O)n1cc(C[C@@H]2C[C@H]3CO[C@](C)(c4ccccc4)N3C2=O)c2ccccc21. The third-order valence-corrected chi connectivity index (χ3v) is 6.69. The van der Waals surface area contributed by atoms with Crippen LogP contribution in [0.25, 0.3) is 10.9 Å². The van der Waals surface area contributed by atoms with E-state index in [0.717, 1.165) is 28.5 Å². The Morgan fingerprint density at radius 3 is 2.55 bits per heavy atom. The van der Waals surface area contributed by atoms with E-state index < -0.39 is 17.4 Å². The number of rotatable bonds is 3. The van der Waals surface area contributed by atoms with Crippen LogP contribution in [-0.2, 0) is 26.4 Å². The molecule has 1 amide bonds. The predicted octanol–water partition coefficient (Wildman–Crippen LogP) is 5.09. The van der Waals surface area contributed by atoms with Crippen molar-refractivity contribution in [3.05, 3.63) is 71.9 Å². The molecule has 0 saturated carbocycles. The highest BCUT2D eigenvalue weighted by Gasteiger charge is 2.54. The lowest BCUT2D eigenvalue weighted by atomic mass is 9.95. The van der Waals surface area contributed by atoms with Gasteiger partial charge < -0.3 is 14.4 Å². The van der Waals surface area contributed by atoms with E-state index in [0.29, 0.717) is 13.0 Å². The van der Waals surface area contributed by atoms with E-state index in [1.807, 2.05) is 93.4 Å². The summed E-state index contributed by atoms with van der Waals surface area (Å²) in [5.74, 6) is -0.0437. The van der Waals surface area contributed by atoms with Gasteiger partial charge in [-0.2, -0.15) is 0 Å². The van der Waals surface area contributed by atoms with Crippen molar-refractivity contribution in [3.63, 3.8) is 0 Å². The quantitative estimate of drug-likeness (QED) is 0.562. The van der Waals surface area contributed by atoms with Gasteiger partial charge in [0.15, 0.2) is 5.72 Å². The minimum Gasteiger partial charge on any atom is -0.443 e. The van der Waals surface area contributed by atoms with Crippen LogP contribution in [0, 0.1) is 5.92 Å². The molecule has 6 heteroatoms. The maximum absolute atomic E-state index is 13.6. The van der Waals surface area contributed by atoms with Gasteiger partial charge in [-0.25, -0.2) is 4.79 Å². The van der Waals surface area contributed by atoms with Crippen molar-refractivity contribution in [1.29, 1.82) is 0 Å². The Hall–Kier alpha value is -3.12. The highest BCUT2D eigenvalue weighted by atomic mass is 16.6. The van der Waals surface area contributed by atoms with Crippen molar-refractivity contribution >= 4 is 22.9 Å². The summed E-state index contributed by atoms with van der Waals surface area (Å²) in [7, 11) is 0. The van der Waals surface area contributed by atoms with Crippen LogP contribution in [0.2, 0.25) is 0 Å². The largest absolute Gasteiger partial charge is 0.443 e. The van der Waals surface area contributed by atoms with Gasteiger partial charge in [-0.1, -0.05) is 48.5 Å². The molecule has 2 aliphatic rings. The molecule has 6 nitrogen and oxygen atoms in total. The number of benzene rings is 2. The van der Waals surface area contributed by atoms with Crippen molar-refractivity contribution in [2.45, 2.75) is 57.9 Å². The second-order valence-corrected chi connectivity index (χ2v) is 10.2. The van der Waals surface area contributed by atoms with Crippen LogP contribution in [0.1, 0.15) is 45.2 Å². The smallest absolute Gasteiger partial charge is 0.419 e. The summed E-state index contributed by atoms with van der Waals surface area (Å²) >= 11 is 0. The minimum atomic E-state index is -0.748. The average molecular weight is 447 g/mol. The van der Waals surface area contributed by atoms with Gasteiger partial charge in [0.1, 0.15) is 5.60 Å². The van der Waals surface area contributed by atoms with E-state index in [2.05, 4.69) is 0 Å². The Morgan fingerprint density at radius 1 is 1.12 bits per heavy atom. The first-order valence-electron chi connectivity index (χ1n) is 11.5. The van der Waals surface area contributed by atoms with Crippen LogP contribution in [0.15, 0.2) is 60.8 Å². The Bertz CT molecular complexity index is 1210. The van der Waals surface area contributed by atoms with Crippen molar-refractivity contribution in [2.24, 2.45) is 5.92 Å². The molecule has 33 heavy (non-hydrogen) atoms. The number of carbonyl (C=O) groups is 2. The molecule has 1 aromatic heterocycles. The standard InChI is InChI=1S/C27H30N2O4/c1-26(2,3)33-25(31)28-16-19(22-12-8-9-13-23(22)28)14-18-15-21-17-32-27(4,29(21)24(18)30)20-10-6-5-7-11-20/h5-13,16,18,21H,14-15,17H2,1-4H3/t18-,21+,27-/m1/s1. The molecule has 2 aliphatic heterocycles. The second kappa shape index (κ2) is 7.73. The lowest BCUT2D eigenvalue weighted by Crippen LogP contribution is -2.44. The lowest BCUT2D eigenvalue weighted by Gasteiger charge is -2.34. The number of nitrogens with zero attached hydrogens (tertiary/aromatic N) is 2. The third-order valence-electron chi connectivity index (χ3n) is 6.69. The number of hydrogen-bond donors (Lipinski definition) is 0. The van der Waals surface area contributed by atoms with Gasteiger partial charge >= 0.3 is 6.09 Å². The molecule has 0 radical (unpaired) electrons. The van der Waals surface area contributed by atoms with Crippen molar-refractivity contribution in [3.8, 4) is 0 Å². The summed E-state index contributed by atoms with van der Waals surface area (Å²) < 4.78 is 13.3. The van der Waals surface area contributed by atoms with E-state index in [9.17, 15) is 9.59 Å². The fourth-order valence-corrected chi connectivity index (χ4v) is 5.22. The molecular formula is C27H30N2O4. The van der Waals surface area contributed by atoms with Crippen LogP contribution >= 0.6 is 0 Å². The first-order valence-corrected chi connectivity index (χ1v) is 11.5. The second-order valence-electron chi connectivity index (χ2n) is 10.2. The fraction of sp³-hybridized carbons (Fsp3) is 0.407. The number of fused-ring (bicyclic) bond motifs is 2. The Morgan fingerprint density at radius 2 is 1.82 bits per heavy atom. The van der Waals surface area contributed by atoms with E-state index in [-0.39, 0.29) is 17.9 Å². The van der Waals surface area contributed by atoms with Crippen molar-refractivity contribution in [1.82, 2.24) is 9.47 Å². The molecule has 0 N–H and O–H groups in total. The van der Waals surface area contributed by atoms with Gasteiger partial charge in [0.2, 0.25) is 5.91 Å². The molecule has 3 atom stereocenters. The first-order chi connectivity index (χ1) is 15.7. The molecule has 3 heterocycles. The molecular weight excluding hydrogens is 416 g/mol. The first kappa shape index (κ1) is 21.7. The zero-order valence-corrected chi connectivity index (χ0v) is 19.6. The molecule has 0 spiro atoms. The maximum atomic E-state index is 13.6. The van der Waals surface area contributed by atoms with Crippen LogP contribution < -0.4 is 0 Å². The lowest BCUT2D eigenvalue weighted by molar-refractivity contribution is -0.149. The molecule has 0 bridgehead atoms. The zero-order valence-electron chi connectivity index (χ0n) is 19.6. The topological polar surface area (TPSA) is 60.8 Å². The van der Waals surface area contributed by atoms with Gasteiger partial charge in [0, 0.05) is 23.1 Å². The highest BCUT2D eigenvalue weighted by molar-refractivity contribution is 5.93. The average Bonchev–Trinajstić information content (AvgIpc) is 3.41. The number of carbonyl (C=O) groups excluding carboxylic acids is 2. The number of amides is 1. The molecule has 2 aromatic carbocycles. The van der Waals surface area contributed by atoms with E-state index in [4.69, 9.17) is 9.47 Å². The van der Waals surface area contributed by atoms with E-state index in [1.165, 1.54) is 0 Å². The van der Waals surface area contributed by atoms with Crippen LogP contribution in [-0.4, -0.2) is 39.7 Å². The van der Waals surface area contributed by atoms with E-state index in [1.54, 1.807) is 4.57 Å². The summed E-state index contributed by atoms with van der Waals surface area (Å²) in [5, 5.41) is 0.977. The molecule has 172 valence electrons.